The summed E-state index contributed by atoms with van der Waals surface area (Å²) in [7, 11) is 5.03. The van der Waals surface area contributed by atoms with Gasteiger partial charge in [-0.3, -0.25) is 4.79 Å². The second-order valence-electron chi connectivity index (χ2n) is 6.10. The highest BCUT2D eigenvalue weighted by molar-refractivity contribution is 14.0. The first-order chi connectivity index (χ1) is 13.0. The van der Waals surface area contributed by atoms with Gasteiger partial charge in [0.15, 0.2) is 5.96 Å². The molecule has 0 spiro atoms. The Labute approximate surface area is 191 Å². The van der Waals surface area contributed by atoms with E-state index < -0.39 is 0 Å². The number of nitrogens with one attached hydrogen (secondary N) is 1. The number of aliphatic imine (C=N–C) groups is 1. The van der Waals surface area contributed by atoms with E-state index in [1.807, 2.05) is 0 Å². The molecule has 1 amide bonds. The summed E-state index contributed by atoms with van der Waals surface area (Å²) in [6, 6.07) is 0. The Morgan fingerprint density at radius 2 is 2.11 bits per heavy atom. The zero-order valence-electron chi connectivity index (χ0n) is 16.4. The number of amides is 1. The van der Waals surface area contributed by atoms with Crippen LogP contribution in [-0.4, -0.2) is 92.1 Å². The van der Waals surface area contributed by atoms with E-state index in [2.05, 4.69) is 52.6 Å². The fourth-order valence-electron chi connectivity index (χ4n) is 2.47. The van der Waals surface area contributed by atoms with Crippen molar-refractivity contribution < 1.29 is 9.53 Å². The fraction of sp³-hybridized carbons (Fsp3) is 0.529. The standard InChI is InChI=1S/C17H26BrN7O2.HI/c1-5-6-19-16(21-12-14(26)23(2)3)24-7-9-25(10-8-24)17-20-11-13(18)15(22-17)27-4;/h5,11H,1,6-10,12H2,2-4H3,(H,19,21);1H. The molecular formula is C17H27BrIN7O2. The number of nitrogens with zero attached hydrogens (tertiary/aromatic N) is 6. The number of aromatic nitrogens is 2. The van der Waals surface area contributed by atoms with Crippen molar-refractivity contribution >= 4 is 57.7 Å². The van der Waals surface area contributed by atoms with E-state index in [4.69, 9.17) is 4.74 Å². The molecule has 0 unspecified atom stereocenters. The number of methoxy groups -OCH3 is 1. The Morgan fingerprint density at radius 1 is 1.43 bits per heavy atom. The van der Waals surface area contributed by atoms with Gasteiger partial charge in [-0.2, -0.15) is 4.98 Å². The molecule has 0 atom stereocenters. The molecule has 1 aliphatic rings. The third-order valence-electron chi connectivity index (χ3n) is 4.02. The van der Waals surface area contributed by atoms with Crippen molar-refractivity contribution in [3.8, 4) is 5.88 Å². The van der Waals surface area contributed by atoms with Crippen molar-refractivity contribution in [3.63, 3.8) is 0 Å². The highest BCUT2D eigenvalue weighted by Crippen LogP contribution is 2.23. The zero-order chi connectivity index (χ0) is 19.8. The molecule has 11 heteroatoms. The molecule has 1 N–H and O–H groups in total. The maximum Gasteiger partial charge on any atom is 0.243 e. The van der Waals surface area contributed by atoms with Gasteiger partial charge in [0.25, 0.3) is 0 Å². The van der Waals surface area contributed by atoms with Crippen molar-refractivity contribution in [1.29, 1.82) is 0 Å². The molecule has 28 heavy (non-hydrogen) atoms. The molecule has 2 heterocycles. The van der Waals surface area contributed by atoms with Gasteiger partial charge in [0, 0.05) is 46.8 Å². The van der Waals surface area contributed by atoms with E-state index in [9.17, 15) is 4.79 Å². The topological polar surface area (TPSA) is 86.2 Å². The lowest BCUT2D eigenvalue weighted by Crippen LogP contribution is -2.53. The summed E-state index contributed by atoms with van der Waals surface area (Å²) in [5.41, 5.74) is 0. The molecule has 9 nitrogen and oxygen atoms in total. The maximum absolute atomic E-state index is 11.8. The van der Waals surface area contributed by atoms with E-state index in [1.54, 1.807) is 33.5 Å². The largest absolute Gasteiger partial charge is 0.480 e. The smallest absolute Gasteiger partial charge is 0.243 e. The van der Waals surface area contributed by atoms with Crippen LogP contribution in [0.3, 0.4) is 0 Å². The first-order valence-electron chi connectivity index (χ1n) is 8.62. The summed E-state index contributed by atoms with van der Waals surface area (Å²) in [5.74, 6) is 1.82. The molecule has 1 saturated heterocycles. The lowest BCUT2D eigenvalue weighted by molar-refractivity contribution is -0.127. The Balaban J connectivity index is 0.00000392. The third kappa shape index (κ3) is 6.76. The summed E-state index contributed by atoms with van der Waals surface area (Å²) < 4.78 is 5.97. The van der Waals surface area contributed by atoms with Gasteiger partial charge in [-0.05, 0) is 15.9 Å². The fourth-order valence-corrected chi connectivity index (χ4v) is 2.82. The average Bonchev–Trinajstić information content (AvgIpc) is 2.68. The molecule has 156 valence electrons. The van der Waals surface area contributed by atoms with Crippen LogP contribution < -0.4 is 15.0 Å². The third-order valence-corrected chi connectivity index (χ3v) is 4.57. The molecule has 1 aromatic rings. The first-order valence-corrected chi connectivity index (χ1v) is 9.41. The molecule has 1 aromatic heterocycles. The highest BCUT2D eigenvalue weighted by atomic mass is 127. The van der Waals surface area contributed by atoms with Gasteiger partial charge in [-0.15, -0.1) is 30.6 Å². The van der Waals surface area contributed by atoms with Crippen LogP contribution in [0.2, 0.25) is 0 Å². The van der Waals surface area contributed by atoms with Gasteiger partial charge in [-0.1, -0.05) is 6.08 Å². The van der Waals surface area contributed by atoms with E-state index >= 15 is 0 Å². The van der Waals surface area contributed by atoms with E-state index in [-0.39, 0.29) is 36.4 Å². The van der Waals surface area contributed by atoms with Crippen LogP contribution in [0.25, 0.3) is 0 Å². The number of halogens is 2. The van der Waals surface area contributed by atoms with Crippen LogP contribution in [0.15, 0.2) is 28.3 Å². The number of carbonyl (C=O) groups is 1. The summed E-state index contributed by atoms with van der Waals surface area (Å²) in [4.78, 5) is 30.9. The van der Waals surface area contributed by atoms with E-state index in [0.717, 1.165) is 30.7 Å². The average molecular weight is 568 g/mol. The molecule has 1 fully saturated rings. The molecule has 0 aliphatic carbocycles. The Bertz CT molecular complexity index is 694. The summed E-state index contributed by atoms with van der Waals surface area (Å²) in [6.07, 6.45) is 3.46. The minimum atomic E-state index is -0.0399. The summed E-state index contributed by atoms with van der Waals surface area (Å²) in [6.45, 7) is 7.37. The molecule has 0 bridgehead atoms. The maximum atomic E-state index is 11.8. The van der Waals surface area contributed by atoms with Crippen LogP contribution in [0.4, 0.5) is 5.95 Å². The van der Waals surface area contributed by atoms with Crippen molar-refractivity contribution in [1.82, 2.24) is 25.1 Å². The van der Waals surface area contributed by atoms with Gasteiger partial charge in [-0.25, -0.2) is 9.98 Å². The van der Waals surface area contributed by atoms with Gasteiger partial charge in [0.1, 0.15) is 6.54 Å². The molecular weight excluding hydrogens is 541 g/mol. The van der Waals surface area contributed by atoms with Crippen LogP contribution in [0.1, 0.15) is 0 Å². The van der Waals surface area contributed by atoms with Crippen molar-refractivity contribution in [2.75, 3.05) is 65.4 Å². The molecule has 1 aliphatic heterocycles. The van der Waals surface area contributed by atoms with Crippen LogP contribution in [-0.2, 0) is 4.79 Å². The first kappa shape index (κ1) is 24.4. The van der Waals surface area contributed by atoms with Crippen molar-refractivity contribution in [3.05, 3.63) is 23.3 Å². The number of carbonyl (C=O) groups excluding carboxylic acids is 1. The van der Waals surface area contributed by atoms with E-state index in [1.165, 1.54) is 4.90 Å². The number of hydrogen-bond acceptors (Lipinski definition) is 6. The van der Waals surface area contributed by atoms with Crippen LogP contribution >= 0.6 is 39.9 Å². The minimum Gasteiger partial charge on any atom is -0.480 e. The number of likely N-dealkylation sites (N-methyl/N-ethyl adjacent to an activating group) is 1. The zero-order valence-corrected chi connectivity index (χ0v) is 20.3. The number of piperazine rings is 1. The molecule has 2 rings (SSSR count). The number of anilines is 1. The minimum absolute atomic E-state index is 0. The lowest BCUT2D eigenvalue weighted by atomic mass is 10.3. The number of guanidine groups is 1. The quantitative estimate of drug-likeness (QED) is 0.239. The molecule has 0 radical (unpaired) electrons. The van der Waals surface area contributed by atoms with Gasteiger partial charge >= 0.3 is 0 Å². The summed E-state index contributed by atoms with van der Waals surface area (Å²) in [5, 5.41) is 3.22. The predicted octanol–water partition coefficient (Wildman–Crippen LogP) is 1.21. The lowest BCUT2D eigenvalue weighted by Gasteiger charge is -2.36. The van der Waals surface area contributed by atoms with Crippen molar-refractivity contribution in [2.24, 2.45) is 4.99 Å². The number of rotatable bonds is 6. The predicted molar refractivity (Wildman–Crippen MR) is 125 cm³/mol. The number of hydrogen-bond donors (Lipinski definition) is 1. The van der Waals surface area contributed by atoms with Crippen LogP contribution in [0, 0.1) is 0 Å². The van der Waals surface area contributed by atoms with Gasteiger partial charge in [0.2, 0.25) is 17.7 Å². The molecule has 0 aromatic carbocycles. The monoisotopic (exact) mass is 567 g/mol. The SMILES string of the molecule is C=CCNC(=NCC(=O)N(C)C)N1CCN(c2ncc(Br)c(OC)n2)CC1.I. The summed E-state index contributed by atoms with van der Waals surface area (Å²) >= 11 is 3.37. The van der Waals surface area contributed by atoms with Gasteiger partial charge < -0.3 is 24.8 Å². The van der Waals surface area contributed by atoms with Crippen molar-refractivity contribution in [2.45, 2.75) is 0 Å². The Morgan fingerprint density at radius 3 is 2.68 bits per heavy atom. The Hall–Kier alpha value is -1.63. The Kier molecular flexibility index (Phi) is 10.5. The highest BCUT2D eigenvalue weighted by Gasteiger charge is 2.22. The van der Waals surface area contributed by atoms with E-state index in [0.29, 0.717) is 24.3 Å². The second-order valence-corrected chi connectivity index (χ2v) is 6.95. The number of ether oxygens (including phenoxy) is 1. The normalized spacial score (nSPS) is 14.2. The second kappa shape index (κ2) is 12.0. The van der Waals surface area contributed by atoms with Gasteiger partial charge in [0.05, 0.1) is 17.8 Å². The molecule has 0 saturated carbocycles. The van der Waals surface area contributed by atoms with Crippen LogP contribution in [0.5, 0.6) is 5.88 Å².